The predicted octanol–water partition coefficient (Wildman–Crippen LogP) is 4.42. The van der Waals surface area contributed by atoms with E-state index in [-0.39, 0.29) is 5.91 Å². The lowest BCUT2D eigenvalue weighted by molar-refractivity contribution is 0.102. The SMILES string of the molecule is Cc1cc(C)n(Cc2ccc(C(=O)Nc3c(C)cnn3C3CCCC3)cc2)n1. The van der Waals surface area contributed by atoms with E-state index in [1.165, 1.54) is 12.8 Å². The highest BCUT2D eigenvalue weighted by atomic mass is 16.1. The van der Waals surface area contributed by atoms with Crippen LogP contribution in [0.25, 0.3) is 0 Å². The van der Waals surface area contributed by atoms with E-state index in [9.17, 15) is 4.79 Å². The third kappa shape index (κ3) is 3.72. The summed E-state index contributed by atoms with van der Waals surface area (Å²) in [5.41, 5.74) is 4.92. The fourth-order valence-corrected chi connectivity index (χ4v) is 3.98. The Kier molecular flexibility index (Phi) is 5.03. The van der Waals surface area contributed by atoms with Gasteiger partial charge in [0.2, 0.25) is 0 Å². The number of aryl methyl sites for hydroxylation is 3. The van der Waals surface area contributed by atoms with Crippen LogP contribution in [0.3, 0.4) is 0 Å². The molecule has 1 amide bonds. The molecule has 0 radical (unpaired) electrons. The molecule has 3 aromatic rings. The molecule has 1 aliphatic carbocycles. The fraction of sp³-hybridized carbons (Fsp3) is 0.409. The quantitative estimate of drug-likeness (QED) is 0.716. The molecule has 1 aromatic carbocycles. The highest BCUT2D eigenvalue weighted by Crippen LogP contribution is 2.32. The Balaban J connectivity index is 1.47. The minimum absolute atomic E-state index is 0.0967. The largest absolute Gasteiger partial charge is 0.307 e. The molecule has 0 unspecified atom stereocenters. The zero-order valence-corrected chi connectivity index (χ0v) is 16.8. The van der Waals surface area contributed by atoms with E-state index in [2.05, 4.69) is 28.5 Å². The molecule has 1 saturated carbocycles. The van der Waals surface area contributed by atoms with E-state index in [0.717, 1.165) is 41.2 Å². The smallest absolute Gasteiger partial charge is 0.256 e. The number of hydrogen-bond acceptors (Lipinski definition) is 3. The minimum Gasteiger partial charge on any atom is -0.307 e. The van der Waals surface area contributed by atoms with Crippen LogP contribution in [0.2, 0.25) is 0 Å². The molecule has 146 valence electrons. The van der Waals surface area contributed by atoms with Crippen molar-refractivity contribution >= 4 is 11.7 Å². The van der Waals surface area contributed by atoms with Gasteiger partial charge in [-0.1, -0.05) is 25.0 Å². The summed E-state index contributed by atoms with van der Waals surface area (Å²) in [6.07, 6.45) is 6.56. The number of hydrogen-bond donors (Lipinski definition) is 1. The summed E-state index contributed by atoms with van der Waals surface area (Å²) in [4.78, 5) is 12.8. The zero-order chi connectivity index (χ0) is 19.7. The number of nitrogens with zero attached hydrogens (tertiary/aromatic N) is 4. The number of rotatable bonds is 5. The van der Waals surface area contributed by atoms with Gasteiger partial charge < -0.3 is 5.32 Å². The lowest BCUT2D eigenvalue weighted by Gasteiger charge is -2.15. The van der Waals surface area contributed by atoms with Gasteiger partial charge in [0.05, 0.1) is 24.5 Å². The third-order valence-corrected chi connectivity index (χ3v) is 5.53. The number of aromatic nitrogens is 4. The van der Waals surface area contributed by atoms with Crippen LogP contribution in [-0.4, -0.2) is 25.5 Å². The maximum Gasteiger partial charge on any atom is 0.256 e. The van der Waals surface area contributed by atoms with Gasteiger partial charge in [0.1, 0.15) is 5.82 Å². The first kappa shape index (κ1) is 18.5. The second kappa shape index (κ2) is 7.62. The van der Waals surface area contributed by atoms with E-state index in [1.807, 2.05) is 53.7 Å². The number of amides is 1. The van der Waals surface area contributed by atoms with Crippen LogP contribution in [0.1, 0.15) is 64.6 Å². The summed E-state index contributed by atoms with van der Waals surface area (Å²) in [6.45, 7) is 6.74. The van der Waals surface area contributed by atoms with Gasteiger partial charge >= 0.3 is 0 Å². The van der Waals surface area contributed by atoms with Crippen LogP contribution in [-0.2, 0) is 6.54 Å². The van der Waals surface area contributed by atoms with Crippen molar-refractivity contribution in [3.63, 3.8) is 0 Å². The number of carbonyl (C=O) groups is 1. The first-order valence-electron chi connectivity index (χ1n) is 9.97. The van der Waals surface area contributed by atoms with E-state index in [1.54, 1.807) is 0 Å². The Morgan fingerprint density at radius 3 is 2.50 bits per heavy atom. The second-order valence-corrected chi connectivity index (χ2v) is 7.79. The Bertz CT molecular complexity index is 977. The Hall–Kier alpha value is -2.89. The highest BCUT2D eigenvalue weighted by Gasteiger charge is 2.22. The summed E-state index contributed by atoms with van der Waals surface area (Å²) >= 11 is 0. The molecule has 0 saturated heterocycles. The molecule has 2 aromatic heterocycles. The average Bonchev–Trinajstić information content (AvgIpc) is 3.38. The molecule has 2 heterocycles. The molecule has 0 bridgehead atoms. The number of anilines is 1. The van der Waals surface area contributed by atoms with E-state index in [4.69, 9.17) is 0 Å². The molecule has 1 N–H and O–H groups in total. The Labute approximate surface area is 165 Å². The summed E-state index contributed by atoms with van der Waals surface area (Å²) in [5.74, 6) is 0.726. The van der Waals surface area contributed by atoms with Crippen LogP contribution in [0.4, 0.5) is 5.82 Å². The number of nitrogens with one attached hydrogen (secondary N) is 1. The first-order chi connectivity index (χ1) is 13.5. The monoisotopic (exact) mass is 377 g/mol. The molecule has 6 heteroatoms. The van der Waals surface area contributed by atoms with E-state index in [0.29, 0.717) is 18.2 Å². The van der Waals surface area contributed by atoms with Crippen molar-refractivity contribution in [2.75, 3.05) is 5.32 Å². The van der Waals surface area contributed by atoms with Crippen molar-refractivity contribution in [1.82, 2.24) is 19.6 Å². The maximum atomic E-state index is 12.8. The van der Waals surface area contributed by atoms with Crippen molar-refractivity contribution in [3.8, 4) is 0 Å². The van der Waals surface area contributed by atoms with Gasteiger partial charge in [-0.25, -0.2) is 4.68 Å². The first-order valence-corrected chi connectivity index (χ1v) is 9.97. The van der Waals surface area contributed by atoms with Crippen molar-refractivity contribution in [2.45, 2.75) is 59.0 Å². The molecule has 1 aliphatic rings. The van der Waals surface area contributed by atoms with Crippen molar-refractivity contribution in [1.29, 1.82) is 0 Å². The molecular weight excluding hydrogens is 350 g/mol. The lowest BCUT2D eigenvalue weighted by atomic mass is 10.1. The van der Waals surface area contributed by atoms with Gasteiger partial charge in [-0.05, 0) is 57.4 Å². The third-order valence-electron chi connectivity index (χ3n) is 5.53. The molecule has 0 spiro atoms. The van der Waals surface area contributed by atoms with Gasteiger partial charge in [-0.3, -0.25) is 9.48 Å². The van der Waals surface area contributed by atoms with Gasteiger partial charge in [-0.15, -0.1) is 0 Å². The van der Waals surface area contributed by atoms with Gasteiger partial charge in [0.15, 0.2) is 0 Å². The van der Waals surface area contributed by atoms with E-state index < -0.39 is 0 Å². The van der Waals surface area contributed by atoms with Crippen LogP contribution in [0.15, 0.2) is 36.5 Å². The van der Waals surface area contributed by atoms with Gasteiger partial charge in [0.25, 0.3) is 5.91 Å². The van der Waals surface area contributed by atoms with Crippen molar-refractivity contribution < 1.29 is 4.79 Å². The number of benzene rings is 1. The van der Waals surface area contributed by atoms with Gasteiger partial charge in [0, 0.05) is 16.8 Å². The van der Waals surface area contributed by atoms with Crippen LogP contribution in [0.5, 0.6) is 0 Å². The Morgan fingerprint density at radius 2 is 1.86 bits per heavy atom. The maximum absolute atomic E-state index is 12.8. The van der Waals surface area contributed by atoms with Crippen molar-refractivity contribution in [3.05, 3.63) is 64.6 Å². The predicted molar refractivity (Wildman–Crippen MR) is 110 cm³/mol. The summed E-state index contributed by atoms with van der Waals surface area (Å²) in [7, 11) is 0. The fourth-order valence-electron chi connectivity index (χ4n) is 3.98. The molecule has 28 heavy (non-hydrogen) atoms. The molecule has 1 fully saturated rings. The molecular formula is C22H27N5O. The van der Waals surface area contributed by atoms with E-state index >= 15 is 0 Å². The molecule has 4 rings (SSSR count). The molecule has 0 aliphatic heterocycles. The van der Waals surface area contributed by atoms with Crippen LogP contribution >= 0.6 is 0 Å². The molecule has 6 nitrogen and oxygen atoms in total. The lowest BCUT2D eigenvalue weighted by Crippen LogP contribution is -2.18. The summed E-state index contributed by atoms with van der Waals surface area (Å²) < 4.78 is 3.98. The summed E-state index contributed by atoms with van der Waals surface area (Å²) in [5, 5.41) is 12.1. The van der Waals surface area contributed by atoms with Crippen LogP contribution in [0, 0.1) is 20.8 Å². The minimum atomic E-state index is -0.0967. The molecule has 0 atom stereocenters. The average molecular weight is 377 g/mol. The standard InChI is InChI=1S/C22H27N5O/c1-15-13-23-27(20-6-4-5-7-20)21(15)24-22(28)19-10-8-18(9-11-19)14-26-17(3)12-16(2)25-26/h8-13,20H,4-7,14H2,1-3H3,(H,24,28). The zero-order valence-electron chi connectivity index (χ0n) is 16.8. The second-order valence-electron chi connectivity index (χ2n) is 7.79. The van der Waals surface area contributed by atoms with Crippen molar-refractivity contribution in [2.24, 2.45) is 0 Å². The topological polar surface area (TPSA) is 64.7 Å². The highest BCUT2D eigenvalue weighted by molar-refractivity contribution is 6.04. The Morgan fingerprint density at radius 1 is 1.14 bits per heavy atom. The summed E-state index contributed by atoms with van der Waals surface area (Å²) in [6, 6.07) is 10.2. The normalized spacial score (nSPS) is 14.5. The number of carbonyl (C=O) groups excluding carboxylic acids is 1. The van der Waals surface area contributed by atoms with Gasteiger partial charge in [-0.2, -0.15) is 10.2 Å². The van der Waals surface area contributed by atoms with Crippen LogP contribution < -0.4 is 5.32 Å².